The number of sulfonamides is 1. The smallest absolute Gasteiger partial charge is 0.240 e. The Hall–Kier alpha value is -2.96. The molecule has 0 amide bonds. The highest BCUT2D eigenvalue weighted by molar-refractivity contribution is 7.89. The second kappa shape index (κ2) is 6.74. The summed E-state index contributed by atoms with van der Waals surface area (Å²) in [6, 6.07) is 24.0. The Morgan fingerprint density at radius 3 is 2.31 bits per heavy atom. The van der Waals surface area contributed by atoms with Crippen molar-refractivity contribution < 1.29 is 8.42 Å². The summed E-state index contributed by atoms with van der Waals surface area (Å²) >= 11 is 0. The molecule has 0 fully saturated rings. The highest BCUT2D eigenvalue weighted by atomic mass is 32.2. The van der Waals surface area contributed by atoms with Gasteiger partial charge in [-0.15, -0.1) is 0 Å². The Morgan fingerprint density at radius 1 is 0.846 bits per heavy atom. The van der Waals surface area contributed by atoms with Crippen molar-refractivity contribution in [3.8, 4) is 5.69 Å². The Morgan fingerprint density at radius 2 is 1.54 bits per heavy atom. The van der Waals surface area contributed by atoms with Crippen LogP contribution in [-0.2, 0) is 16.6 Å². The summed E-state index contributed by atoms with van der Waals surface area (Å²) < 4.78 is 29.2. The van der Waals surface area contributed by atoms with Crippen LogP contribution < -0.4 is 4.72 Å². The van der Waals surface area contributed by atoms with Gasteiger partial charge in [-0.25, -0.2) is 18.1 Å². The summed E-state index contributed by atoms with van der Waals surface area (Å²) in [6.07, 6.45) is 1.79. The number of para-hydroxylation sites is 2. The van der Waals surface area contributed by atoms with Crippen LogP contribution in [0.3, 0.4) is 0 Å². The standard InChI is InChI=1S/C20H17N3O2S/c24-26(25,18-6-2-1-3-7-18)22-14-16-10-12-17(13-11-16)23-15-21-19-8-4-5-9-20(19)23/h1-13,15,22H,14H2. The van der Waals surface area contributed by atoms with E-state index in [1.165, 1.54) is 0 Å². The van der Waals surface area contributed by atoms with Gasteiger partial charge < -0.3 is 0 Å². The molecule has 4 aromatic rings. The largest absolute Gasteiger partial charge is 0.299 e. The quantitative estimate of drug-likeness (QED) is 0.590. The molecule has 0 aliphatic heterocycles. The van der Waals surface area contributed by atoms with Crippen LogP contribution in [0, 0.1) is 0 Å². The lowest BCUT2D eigenvalue weighted by molar-refractivity contribution is 0.581. The van der Waals surface area contributed by atoms with E-state index in [0.717, 1.165) is 22.3 Å². The fraction of sp³-hybridized carbons (Fsp3) is 0.0500. The van der Waals surface area contributed by atoms with E-state index in [0.29, 0.717) is 0 Å². The Kier molecular flexibility index (Phi) is 4.28. The molecular weight excluding hydrogens is 346 g/mol. The van der Waals surface area contributed by atoms with Gasteiger partial charge in [0.1, 0.15) is 6.33 Å². The number of benzene rings is 3. The molecule has 1 N–H and O–H groups in total. The Bertz CT molecular complexity index is 1130. The number of rotatable bonds is 5. The third-order valence-corrected chi connectivity index (χ3v) is 5.61. The molecular formula is C20H17N3O2S. The van der Waals surface area contributed by atoms with E-state index < -0.39 is 10.0 Å². The summed E-state index contributed by atoms with van der Waals surface area (Å²) in [4.78, 5) is 4.66. The van der Waals surface area contributed by atoms with E-state index in [1.54, 1.807) is 36.7 Å². The van der Waals surface area contributed by atoms with E-state index in [-0.39, 0.29) is 11.4 Å². The molecule has 0 aliphatic carbocycles. The van der Waals surface area contributed by atoms with Crippen molar-refractivity contribution in [2.45, 2.75) is 11.4 Å². The van der Waals surface area contributed by atoms with Gasteiger partial charge >= 0.3 is 0 Å². The monoisotopic (exact) mass is 363 g/mol. The first-order chi connectivity index (χ1) is 12.6. The maximum atomic E-state index is 12.3. The molecule has 0 unspecified atom stereocenters. The van der Waals surface area contributed by atoms with Crippen LogP contribution >= 0.6 is 0 Å². The normalized spacial score (nSPS) is 11.7. The first-order valence-corrected chi connectivity index (χ1v) is 9.68. The number of hydrogen-bond donors (Lipinski definition) is 1. The molecule has 1 aromatic heterocycles. The average Bonchev–Trinajstić information content (AvgIpc) is 3.12. The number of fused-ring (bicyclic) bond motifs is 1. The van der Waals surface area contributed by atoms with Crippen molar-refractivity contribution in [3.05, 3.63) is 90.8 Å². The van der Waals surface area contributed by atoms with E-state index >= 15 is 0 Å². The van der Waals surface area contributed by atoms with Gasteiger partial charge in [0.25, 0.3) is 0 Å². The van der Waals surface area contributed by atoms with Gasteiger partial charge in [0.05, 0.1) is 15.9 Å². The topological polar surface area (TPSA) is 64.0 Å². The zero-order valence-electron chi connectivity index (χ0n) is 13.9. The molecule has 0 radical (unpaired) electrons. The zero-order valence-corrected chi connectivity index (χ0v) is 14.7. The van der Waals surface area contributed by atoms with E-state index in [2.05, 4.69) is 9.71 Å². The third-order valence-electron chi connectivity index (χ3n) is 4.19. The number of imidazole rings is 1. The molecule has 0 spiro atoms. The van der Waals surface area contributed by atoms with Crippen LogP contribution in [0.4, 0.5) is 0 Å². The number of aromatic nitrogens is 2. The summed E-state index contributed by atoms with van der Waals surface area (Å²) in [5.41, 5.74) is 3.84. The van der Waals surface area contributed by atoms with Gasteiger partial charge in [-0.1, -0.05) is 42.5 Å². The van der Waals surface area contributed by atoms with Crippen LogP contribution in [0.2, 0.25) is 0 Å². The van der Waals surface area contributed by atoms with Crippen molar-refractivity contribution in [1.82, 2.24) is 14.3 Å². The highest BCUT2D eigenvalue weighted by Gasteiger charge is 2.12. The third kappa shape index (κ3) is 3.24. The molecule has 0 saturated heterocycles. The minimum Gasteiger partial charge on any atom is -0.299 e. The number of hydrogen-bond acceptors (Lipinski definition) is 3. The van der Waals surface area contributed by atoms with E-state index in [4.69, 9.17) is 0 Å². The van der Waals surface area contributed by atoms with Crippen molar-refractivity contribution in [1.29, 1.82) is 0 Å². The molecule has 4 rings (SSSR count). The Labute approximate surface area is 152 Å². The van der Waals surface area contributed by atoms with Gasteiger partial charge in [0.15, 0.2) is 0 Å². The minimum atomic E-state index is -3.51. The van der Waals surface area contributed by atoms with Crippen molar-refractivity contribution in [3.63, 3.8) is 0 Å². The van der Waals surface area contributed by atoms with Crippen LogP contribution in [0.25, 0.3) is 16.7 Å². The van der Waals surface area contributed by atoms with E-state index in [1.807, 2.05) is 53.1 Å². The molecule has 6 heteroatoms. The van der Waals surface area contributed by atoms with Gasteiger partial charge in [0.2, 0.25) is 10.0 Å². The summed E-state index contributed by atoms with van der Waals surface area (Å²) in [7, 11) is -3.51. The van der Waals surface area contributed by atoms with Crippen LogP contribution in [0.15, 0.2) is 90.1 Å². The van der Waals surface area contributed by atoms with E-state index in [9.17, 15) is 8.42 Å². The van der Waals surface area contributed by atoms with Crippen molar-refractivity contribution in [2.75, 3.05) is 0 Å². The van der Waals surface area contributed by atoms with Gasteiger partial charge in [-0.05, 0) is 42.0 Å². The summed E-state index contributed by atoms with van der Waals surface area (Å²) in [5.74, 6) is 0. The van der Waals surface area contributed by atoms with Gasteiger partial charge in [-0.2, -0.15) is 0 Å². The number of nitrogens with zero attached hydrogens (tertiary/aromatic N) is 2. The molecule has 0 bridgehead atoms. The molecule has 130 valence electrons. The lowest BCUT2D eigenvalue weighted by Crippen LogP contribution is -2.23. The average molecular weight is 363 g/mol. The lowest BCUT2D eigenvalue weighted by Gasteiger charge is -2.08. The second-order valence-electron chi connectivity index (χ2n) is 5.91. The molecule has 0 aliphatic rings. The zero-order chi connectivity index (χ0) is 18.0. The molecule has 3 aromatic carbocycles. The van der Waals surface area contributed by atoms with Crippen LogP contribution in [0.1, 0.15) is 5.56 Å². The first kappa shape index (κ1) is 16.5. The molecule has 1 heterocycles. The fourth-order valence-corrected chi connectivity index (χ4v) is 3.84. The summed E-state index contributed by atoms with van der Waals surface area (Å²) in [5, 5.41) is 0. The molecule has 0 atom stereocenters. The molecule has 26 heavy (non-hydrogen) atoms. The van der Waals surface area contributed by atoms with Crippen molar-refractivity contribution >= 4 is 21.1 Å². The van der Waals surface area contributed by atoms with Crippen LogP contribution in [-0.4, -0.2) is 18.0 Å². The molecule has 0 saturated carbocycles. The van der Waals surface area contributed by atoms with Crippen molar-refractivity contribution in [2.24, 2.45) is 0 Å². The maximum absolute atomic E-state index is 12.3. The lowest BCUT2D eigenvalue weighted by atomic mass is 10.2. The molecule has 5 nitrogen and oxygen atoms in total. The summed E-state index contributed by atoms with van der Waals surface area (Å²) in [6.45, 7) is 0.238. The highest BCUT2D eigenvalue weighted by Crippen LogP contribution is 2.18. The predicted octanol–water partition coefficient (Wildman–Crippen LogP) is 3.50. The van der Waals surface area contributed by atoms with Gasteiger partial charge in [-0.3, -0.25) is 4.57 Å². The number of nitrogens with one attached hydrogen (secondary N) is 1. The van der Waals surface area contributed by atoms with Crippen LogP contribution in [0.5, 0.6) is 0 Å². The first-order valence-electron chi connectivity index (χ1n) is 8.20. The maximum Gasteiger partial charge on any atom is 0.240 e. The SMILES string of the molecule is O=S(=O)(NCc1ccc(-n2cnc3ccccc32)cc1)c1ccccc1. The fourth-order valence-electron chi connectivity index (χ4n) is 2.80. The van der Waals surface area contributed by atoms with Gasteiger partial charge in [0, 0.05) is 12.2 Å². The minimum absolute atomic E-state index is 0.238. The predicted molar refractivity (Wildman–Crippen MR) is 102 cm³/mol. The second-order valence-corrected chi connectivity index (χ2v) is 7.67. The Balaban J connectivity index is 1.52.